The van der Waals surface area contributed by atoms with E-state index in [1.54, 1.807) is 11.3 Å². The Morgan fingerprint density at radius 3 is 3.20 bits per heavy atom. The second kappa shape index (κ2) is 6.88. The number of halogens is 1. The molecular formula is C15H23BrN2OS. The predicted octanol–water partition coefficient (Wildman–Crippen LogP) is 3.41. The van der Waals surface area contributed by atoms with E-state index >= 15 is 0 Å². The van der Waals surface area contributed by atoms with E-state index in [1.165, 1.54) is 29.4 Å². The molecule has 3 atom stereocenters. The van der Waals surface area contributed by atoms with Crippen LogP contribution >= 0.6 is 27.3 Å². The molecule has 3 nitrogen and oxygen atoms in total. The van der Waals surface area contributed by atoms with E-state index in [4.69, 9.17) is 4.74 Å². The fourth-order valence-corrected chi connectivity index (χ4v) is 4.88. The van der Waals surface area contributed by atoms with E-state index in [2.05, 4.69) is 43.8 Å². The van der Waals surface area contributed by atoms with Crippen LogP contribution in [0.15, 0.2) is 15.2 Å². The number of ether oxygens (including phenoxy) is 1. The number of hydrogen-bond donors (Lipinski definition) is 1. The molecule has 0 amide bonds. The third-order valence-corrected chi connectivity index (χ3v) is 6.13. The quantitative estimate of drug-likeness (QED) is 0.872. The van der Waals surface area contributed by atoms with Gasteiger partial charge in [0.25, 0.3) is 0 Å². The van der Waals surface area contributed by atoms with Crippen LogP contribution in [0, 0.1) is 0 Å². The van der Waals surface area contributed by atoms with Gasteiger partial charge in [-0.1, -0.05) is 6.92 Å². The fraction of sp³-hybridized carbons (Fsp3) is 0.733. The number of fused-ring (bicyclic) bond motifs is 1. The van der Waals surface area contributed by atoms with Crippen LogP contribution in [0.2, 0.25) is 0 Å². The standard InChI is InChI=1S/C15H23BrN2OS/c1-2-5-17-15(12-9-20-10-13(12)16)14-7-18-6-3-4-11(18)8-19-14/h9-11,14-15,17H,2-8H2,1H3. The Balaban J connectivity index is 1.73. The summed E-state index contributed by atoms with van der Waals surface area (Å²) in [6, 6.07) is 0.973. The minimum atomic E-state index is 0.266. The van der Waals surface area contributed by atoms with Gasteiger partial charge in [-0.05, 0) is 59.2 Å². The summed E-state index contributed by atoms with van der Waals surface area (Å²) in [5.74, 6) is 0. The number of morpholine rings is 1. The molecule has 2 fully saturated rings. The lowest BCUT2D eigenvalue weighted by Gasteiger charge is -2.39. The monoisotopic (exact) mass is 358 g/mol. The first kappa shape index (κ1) is 15.0. The van der Waals surface area contributed by atoms with E-state index in [1.807, 2.05) is 0 Å². The van der Waals surface area contributed by atoms with E-state index in [0.29, 0.717) is 12.1 Å². The van der Waals surface area contributed by atoms with Gasteiger partial charge in [0, 0.05) is 22.4 Å². The Labute approximate surface area is 133 Å². The topological polar surface area (TPSA) is 24.5 Å². The first-order chi connectivity index (χ1) is 9.79. The molecule has 5 heteroatoms. The Bertz CT molecular complexity index is 439. The van der Waals surface area contributed by atoms with Crippen molar-refractivity contribution < 1.29 is 4.74 Å². The molecule has 1 N–H and O–H groups in total. The van der Waals surface area contributed by atoms with Crippen molar-refractivity contribution in [1.29, 1.82) is 0 Å². The highest BCUT2D eigenvalue weighted by molar-refractivity contribution is 9.10. The van der Waals surface area contributed by atoms with E-state index in [9.17, 15) is 0 Å². The lowest BCUT2D eigenvalue weighted by Crippen LogP contribution is -2.50. The van der Waals surface area contributed by atoms with Crippen LogP contribution in [0.1, 0.15) is 37.8 Å². The normalized spacial score (nSPS) is 28.5. The van der Waals surface area contributed by atoms with Gasteiger partial charge in [-0.15, -0.1) is 0 Å². The molecule has 20 heavy (non-hydrogen) atoms. The summed E-state index contributed by atoms with van der Waals surface area (Å²) in [7, 11) is 0. The van der Waals surface area contributed by atoms with Crippen LogP contribution in [0.5, 0.6) is 0 Å². The van der Waals surface area contributed by atoms with Gasteiger partial charge < -0.3 is 10.1 Å². The lowest BCUT2D eigenvalue weighted by molar-refractivity contribution is -0.0652. The van der Waals surface area contributed by atoms with E-state index < -0.39 is 0 Å². The summed E-state index contributed by atoms with van der Waals surface area (Å²) in [6.45, 7) is 6.46. The highest BCUT2D eigenvalue weighted by Gasteiger charge is 2.36. The molecule has 0 spiro atoms. The van der Waals surface area contributed by atoms with Gasteiger partial charge in [0.1, 0.15) is 0 Å². The van der Waals surface area contributed by atoms with Crippen molar-refractivity contribution in [3.05, 3.63) is 20.8 Å². The van der Waals surface area contributed by atoms with Crippen LogP contribution in [0.4, 0.5) is 0 Å². The molecule has 112 valence electrons. The average Bonchev–Trinajstić information content (AvgIpc) is 3.08. The zero-order valence-corrected chi connectivity index (χ0v) is 14.4. The number of thiophene rings is 1. The Morgan fingerprint density at radius 2 is 2.45 bits per heavy atom. The number of rotatable bonds is 5. The Kier molecular flexibility index (Phi) is 5.15. The number of hydrogen-bond acceptors (Lipinski definition) is 4. The van der Waals surface area contributed by atoms with E-state index in [0.717, 1.165) is 26.1 Å². The minimum Gasteiger partial charge on any atom is -0.373 e. The van der Waals surface area contributed by atoms with Crippen LogP contribution in [0.3, 0.4) is 0 Å². The van der Waals surface area contributed by atoms with Crippen LogP contribution in [-0.4, -0.2) is 43.3 Å². The maximum absolute atomic E-state index is 6.21. The van der Waals surface area contributed by atoms with Crippen molar-refractivity contribution in [3.8, 4) is 0 Å². The van der Waals surface area contributed by atoms with Gasteiger partial charge >= 0.3 is 0 Å². The summed E-state index contributed by atoms with van der Waals surface area (Å²) >= 11 is 5.44. The molecular weight excluding hydrogens is 336 g/mol. The maximum atomic E-state index is 6.21. The van der Waals surface area contributed by atoms with Gasteiger partial charge in [0.05, 0.1) is 18.8 Å². The molecule has 2 saturated heterocycles. The minimum absolute atomic E-state index is 0.266. The number of nitrogens with one attached hydrogen (secondary N) is 1. The van der Waals surface area contributed by atoms with Gasteiger partial charge in [0.15, 0.2) is 0 Å². The zero-order valence-electron chi connectivity index (χ0n) is 12.0. The molecule has 1 aromatic heterocycles. The SMILES string of the molecule is CCCNC(c1cscc1Br)C1CN2CCCC2CO1. The lowest BCUT2D eigenvalue weighted by atomic mass is 10.0. The van der Waals surface area contributed by atoms with Crippen molar-refractivity contribution in [2.45, 2.75) is 44.4 Å². The summed E-state index contributed by atoms with van der Waals surface area (Å²) < 4.78 is 7.42. The number of nitrogens with zero attached hydrogens (tertiary/aromatic N) is 1. The summed E-state index contributed by atoms with van der Waals surface area (Å²) in [6.07, 6.45) is 4.05. The van der Waals surface area contributed by atoms with Gasteiger partial charge in [-0.3, -0.25) is 4.90 Å². The second-order valence-corrected chi connectivity index (χ2v) is 7.37. The average molecular weight is 359 g/mol. The third kappa shape index (κ3) is 3.12. The van der Waals surface area contributed by atoms with Crippen molar-refractivity contribution in [2.24, 2.45) is 0 Å². The summed E-state index contributed by atoms with van der Waals surface area (Å²) in [5, 5.41) is 8.10. The fourth-order valence-electron chi connectivity index (χ4n) is 3.30. The Hall–Kier alpha value is 0.0600. The molecule has 3 heterocycles. The van der Waals surface area contributed by atoms with Crippen molar-refractivity contribution >= 4 is 27.3 Å². The first-order valence-corrected chi connectivity index (χ1v) is 9.33. The largest absolute Gasteiger partial charge is 0.373 e. The molecule has 0 aliphatic carbocycles. The van der Waals surface area contributed by atoms with Gasteiger partial charge in [0.2, 0.25) is 0 Å². The molecule has 2 aliphatic heterocycles. The summed E-state index contributed by atoms with van der Waals surface area (Å²) in [5.41, 5.74) is 1.35. The zero-order chi connectivity index (χ0) is 13.9. The second-order valence-electron chi connectivity index (χ2n) is 5.77. The molecule has 2 aliphatic rings. The highest BCUT2D eigenvalue weighted by Crippen LogP contribution is 2.33. The molecule has 1 aromatic rings. The smallest absolute Gasteiger partial charge is 0.0897 e. The summed E-state index contributed by atoms with van der Waals surface area (Å²) in [4.78, 5) is 2.62. The highest BCUT2D eigenvalue weighted by atomic mass is 79.9. The first-order valence-electron chi connectivity index (χ1n) is 7.60. The van der Waals surface area contributed by atoms with Gasteiger partial charge in [-0.25, -0.2) is 0 Å². The maximum Gasteiger partial charge on any atom is 0.0897 e. The van der Waals surface area contributed by atoms with Crippen LogP contribution in [-0.2, 0) is 4.74 Å². The molecule has 0 saturated carbocycles. The van der Waals surface area contributed by atoms with Crippen LogP contribution in [0.25, 0.3) is 0 Å². The van der Waals surface area contributed by atoms with Crippen molar-refractivity contribution in [3.63, 3.8) is 0 Å². The molecule has 0 bridgehead atoms. The van der Waals surface area contributed by atoms with Crippen molar-refractivity contribution in [2.75, 3.05) is 26.2 Å². The predicted molar refractivity (Wildman–Crippen MR) is 87.4 cm³/mol. The Morgan fingerprint density at radius 1 is 1.55 bits per heavy atom. The molecule has 3 rings (SSSR count). The van der Waals surface area contributed by atoms with E-state index in [-0.39, 0.29) is 6.10 Å². The molecule has 0 aromatic carbocycles. The third-order valence-electron chi connectivity index (χ3n) is 4.38. The van der Waals surface area contributed by atoms with Crippen molar-refractivity contribution in [1.82, 2.24) is 10.2 Å². The van der Waals surface area contributed by atoms with Crippen LogP contribution < -0.4 is 5.32 Å². The molecule has 0 radical (unpaired) electrons. The van der Waals surface area contributed by atoms with Gasteiger partial charge in [-0.2, -0.15) is 11.3 Å². The molecule has 3 unspecified atom stereocenters.